The molecular weight excluding hydrogens is 190 g/mol. The van der Waals surface area contributed by atoms with Crippen molar-refractivity contribution in [2.45, 2.75) is 26.0 Å². The highest BCUT2D eigenvalue weighted by Gasteiger charge is 2.15. The number of sulfone groups is 1. The fourth-order valence-electron chi connectivity index (χ4n) is 0.882. The largest absolute Gasteiger partial charge is 0.392 e. The third kappa shape index (κ3) is 6.01. The molecule has 0 saturated carbocycles. The van der Waals surface area contributed by atoms with Gasteiger partial charge in [-0.3, -0.25) is 0 Å². The van der Waals surface area contributed by atoms with E-state index in [9.17, 15) is 13.5 Å². The van der Waals surface area contributed by atoms with Crippen molar-refractivity contribution in [1.82, 2.24) is 4.90 Å². The molecule has 0 aromatic carbocycles. The molecule has 0 aliphatic carbocycles. The van der Waals surface area contributed by atoms with E-state index in [0.717, 1.165) is 0 Å². The average Bonchev–Trinajstić information content (AvgIpc) is 1.97. The molecule has 2 atom stereocenters. The summed E-state index contributed by atoms with van der Waals surface area (Å²) in [5.74, 6) is 0.139. The molecule has 1 N–H and O–H groups in total. The van der Waals surface area contributed by atoms with E-state index in [0.29, 0.717) is 6.54 Å². The lowest BCUT2D eigenvalue weighted by molar-refractivity contribution is 0.0902. The molecule has 4 nitrogen and oxygen atoms in total. The van der Waals surface area contributed by atoms with Gasteiger partial charge in [0.05, 0.1) is 11.9 Å². The minimum atomic E-state index is -2.90. The Morgan fingerprint density at radius 3 is 2.15 bits per heavy atom. The van der Waals surface area contributed by atoms with E-state index in [1.165, 1.54) is 6.26 Å². The molecule has 0 saturated heterocycles. The van der Waals surface area contributed by atoms with Crippen LogP contribution in [0.5, 0.6) is 0 Å². The summed E-state index contributed by atoms with van der Waals surface area (Å²) in [5, 5.41) is 9.23. The van der Waals surface area contributed by atoms with Crippen molar-refractivity contribution in [3.63, 3.8) is 0 Å². The summed E-state index contributed by atoms with van der Waals surface area (Å²) in [7, 11) is -1.09. The predicted octanol–water partition coefficient (Wildman–Crippen LogP) is -0.268. The summed E-state index contributed by atoms with van der Waals surface area (Å²) in [5.41, 5.74) is 0. The number of hydrogen-bond acceptors (Lipinski definition) is 4. The molecule has 0 aliphatic rings. The summed E-state index contributed by atoms with van der Waals surface area (Å²) in [4.78, 5) is 1.84. The van der Waals surface area contributed by atoms with Gasteiger partial charge >= 0.3 is 0 Å². The molecule has 0 aromatic rings. The van der Waals surface area contributed by atoms with Gasteiger partial charge in [0.2, 0.25) is 0 Å². The Morgan fingerprint density at radius 1 is 1.38 bits per heavy atom. The second-order valence-corrected chi connectivity index (χ2v) is 5.85. The summed E-state index contributed by atoms with van der Waals surface area (Å²) in [6.07, 6.45) is 0.776. The minimum absolute atomic E-state index is 0.0123. The third-order valence-electron chi connectivity index (χ3n) is 2.21. The first-order chi connectivity index (χ1) is 5.74. The topological polar surface area (TPSA) is 57.6 Å². The molecule has 0 aromatic heterocycles. The molecule has 0 fully saturated rings. The maximum atomic E-state index is 10.8. The number of nitrogens with zero attached hydrogens (tertiary/aromatic N) is 1. The van der Waals surface area contributed by atoms with Crippen LogP contribution < -0.4 is 0 Å². The summed E-state index contributed by atoms with van der Waals surface area (Å²) < 4.78 is 21.7. The van der Waals surface area contributed by atoms with Crippen LogP contribution in [0.1, 0.15) is 13.8 Å². The molecule has 0 spiro atoms. The van der Waals surface area contributed by atoms with Crippen LogP contribution in [0.15, 0.2) is 0 Å². The van der Waals surface area contributed by atoms with E-state index in [-0.39, 0.29) is 11.8 Å². The van der Waals surface area contributed by atoms with Crippen LogP contribution >= 0.6 is 0 Å². The van der Waals surface area contributed by atoms with Crippen molar-refractivity contribution < 1.29 is 13.5 Å². The maximum Gasteiger partial charge on any atom is 0.148 e. The second kappa shape index (κ2) is 4.93. The van der Waals surface area contributed by atoms with E-state index in [2.05, 4.69) is 0 Å². The highest BCUT2D eigenvalue weighted by atomic mass is 32.2. The highest BCUT2D eigenvalue weighted by Crippen LogP contribution is 2.01. The van der Waals surface area contributed by atoms with Crippen LogP contribution in [0, 0.1) is 0 Å². The quantitative estimate of drug-likeness (QED) is 0.677. The summed E-state index contributed by atoms with van der Waals surface area (Å²) in [6, 6.07) is -0.0123. The Morgan fingerprint density at radius 2 is 1.85 bits per heavy atom. The standard InChI is InChI=1S/C8H19NO3S/c1-7(8(2)10)9(3)5-6-13(4,11)12/h7-8,10H,5-6H2,1-4H3. The number of rotatable bonds is 5. The van der Waals surface area contributed by atoms with Crippen LogP contribution in [0.2, 0.25) is 0 Å². The first-order valence-electron chi connectivity index (χ1n) is 4.30. The monoisotopic (exact) mass is 209 g/mol. The van der Waals surface area contributed by atoms with Crippen molar-refractivity contribution in [1.29, 1.82) is 0 Å². The van der Waals surface area contributed by atoms with Gasteiger partial charge in [-0.1, -0.05) is 0 Å². The van der Waals surface area contributed by atoms with Gasteiger partial charge in [-0.05, 0) is 20.9 Å². The van der Waals surface area contributed by atoms with E-state index < -0.39 is 15.9 Å². The van der Waals surface area contributed by atoms with Crippen molar-refractivity contribution in [3.05, 3.63) is 0 Å². The average molecular weight is 209 g/mol. The van der Waals surface area contributed by atoms with Crippen LogP contribution in [0.3, 0.4) is 0 Å². The molecule has 0 heterocycles. The van der Waals surface area contributed by atoms with Gasteiger partial charge < -0.3 is 10.0 Å². The van der Waals surface area contributed by atoms with Crippen LogP contribution in [0.25, 0.3) is 0 Å². The Hall–Kier alpha value is -0.130. The van der Waals surface area contributed by atoms with Gasteiger partial charge in [0.15, 0.2) is 0 Å². The fourth-order valence-corrected chi connectivity index (χ4v) is 1.50. The van der Waals surface area contributed by atoms with Crippen molar-refractivity contribution in [3.8, 4) is 0 Å². The van der Waals surface area contributed by atoms with Crippen molar-refractivity contribution in [2.24, 2.45) is 0 Å². The number of aliphatic hydroxyl groups is 1. The first-order valence-corrected chi connectivity index (χ1v) is 6.36. The maximum absolute atomic E-state index is 10.8. The van der Waals surface area contributed by atoms with Crippen LogP contribution in [-0.2, 0) is 9.84 Å². The normalized spacial score (nSPS) is 17.4. The molecule has 0 rings (SSSR count). The molecule has 0 amide bonds. The van der Waals surface area contributed by atoms with E-state index in [1.54, 1.807) is 6.92 Å². The van der Waals surface area contributed by atoms with Crippen LogP contribution in [-0.4, -0.2) is 56.2 Å². The highest BCUT2D eigenvalue weighted by molar-refractivity contribution is 7.90. The van der Waals surface area contributed by atoms with Gasteiger partial charge in [-0.15, -0.1) is 0 Å². The first kappa shape index (κ1) is 12.9. The summed E-state index contributed by atoms with van der Waals surface area (Å²) in [6.45, 7) is 4.03. The van der Waals surface area contributed by atoms with E-state index in [4.69, 9.17) is 0 Å². The summed E-state index contributed by atoms with van der Waals surface area (Å²) >= 11 is 0. The number of aliphatic hydroxyl groups excluding tert-OH is 1. The molecule has 2 unspecified atom stereocenters. The predicted molar refractivity (Wildman–Crippen MR) is 53.5 cm³/mol. The smallest absolute Gasteiger partial charge is 0.148 e. The van der Waals surface area contributed by atoms with Gasteiger partial charge in [0.1, 0.15) is 9.84 Å². The van der Waals surface area contributed by atoms with E-state index in [1.807, 2.05) is 18.9 Å². The molecule has 0 radical (unpaired) electrons. The second-order valence-electron chi connectivity index (χ2n) is 3.59. The number of hydrogen-bond donors (Lipinski definition) is 1. The SMILES string of the molecule is CC(O)C(C)N(C)CCS(C)(=O)=O. The lowest BCUT2D eigenvalue weighted by Crippen LogP contribution is -2.39. The Balaban J connectivity index is 3.95. The fraction of sp³-hybridized carbons (Fsp3) is 1.00. The number of likely N-dealkylation sites (N-methyl/N-ethyl adjacent to an activating group) is 1. The minimum Gasteiger partial charge on any atom is -0.392 e. The third-order valence-corrected chi connectivity index (χ3v) is 3.13. The zero-order valence-electron chi connectivity index (χ0n) is 8.69. The van der Waals surface area contributed by atoms with Gasteiger partial charge in [-0.2, -0.15) is 0 Å². The van der Waals surface area contributed by atoms with Crippen LogP contribution in [0.4, 0.5) is 0 Å². The lowest BCUT2D eigenvalue weighted by atomic mass is 10.2. The Bertz CT molecular complexity index is 236. The Labute approximate surface area is 80.5 Å². The molecule has 13 heavy (non-hydrogen) atoms. The van der Waals surface area contributed by atoms with Crippen molar-refractivity contribution >= 4 is 9.84 Å². The molecular formula is C8H19NO3S. The van der Waals surface area contributed by atoms with Gasteiger partial charge in [-0.25, -0.2) is 8.42 Å². The molecule has 5 heteroatoms. The zero-order valence-corrected chi connectivity index (χ0v) is 9.50. The molecule has 80 valence electrons. The van der Waals surface area contributed by atoms with Gasteiger partial charge in [0, 0.05) is 18.8 Å². The zero-order chi connectivity index (χ0) is 10.6. The molecule has 0 bridgehead atoms. The molecule has 0 aliphatic heterocycles. The lowest BCUT2D eigenvalue weighted by Gasteiger charge is -2.26. The Kier molecular flexibility index (Phi) is 4.88. The van der Waals surface area contributed by atoms with Crippen molar-refractivity contribution in [2.75, 3.05) is 25.6 Å². The van der Waals surface area contributed by atoms with E-state index >= 15 is 0 Å². The van der Waals surface area contributed by atoms with Gasteiger partial charge in [0.25, 0.3) is 0 Å².